The first-order valence-corrected chi connectivity index (χ1v) is 8.21. The molecule has 0 unspecified atom stereocenters. The predicted octanol–water partition coefficient (Wildman–Crippen LogP) is 2.95. The fraction of sp³-hybridized carbons (Fsp3) is 0.917. The SMILES string of the molecule is CCCCCCCCS(=O)(=O)OOC(=O)CCC. The quantitative estimate of drug-likeness (QED) is 0.330. The fourth-order valence-corrected chi connectivity index (χ4v) is 2.23. The largest absolute Gasteiger partial charge is 0.343 e. The minimum absolute atomic E-state index is 0.0987. The van der Waals surface area contributed by atoms with E-state index < -0.39 is 16.1 Å². The van der Waals surface area contributed by atoms with Crippen LogP contribution in [0.15, 0.2) is 0 Å². The Kier molecular flexibility index (Phi) is 9.96. The first-order valence-electron chi connectivity index (χ1n) is 6.63. The molecule has 0 aromatic rings. The lowest BCUT2D eigenvalue weighted by atomic mass is 10.1. The van der Waals surface area contributed by atoms with Crippen LogP contribution < -0.4 is 0 Å². The van der Waals surface area contributed by atoms with E-state index in [9.17, 15) is 13.2 Å². The van der Waals surface area contributed by atoms with Crippen LogP contribution in [0.25, 0.3) is 0 Å². The maximum Gasteiger partial charge on any atom is 0.343 e. The number of rotatable bonds is 11. The van der Waals surface area contributed by atoms with Gasteiger partial charge in [0.05, 0.1) is 5.75 Å². The Balaban J connectivity index is 3.64. The maximum absolute atomic E-state index is 11.3. The van der Waals surface area contributed by atoms with Gasteiger partial charge in [-0.15, -0.1) is 0 Å². The number of hydrogen-bond acceptors (Lipinski definition) is 5. The van der Waals surface area contributed by atoms with Gasteiger partial charge in [0, 0.05) is 6.42 Å². The Bertz CT molecular complexity index is 310. The summed E-state index contributed by atoms with van der Waals surface area (Å²) in [5, 5.41) is 0. The number of unbranched alkanes of at least 4 members (excludes halogenated alkanes) is 5. The molecule has 6 heteroatoms. The van der Waals surface area contributed by atoms with Gasteiger partial charge in [0.25, 0.3) is 0 Å². The van der Waals surface area contributed by atoms with Gasteiger partial charge in [0.2, 0.25) is 0 Å². The minimum atomic E-state index is -3.73. The molecule has 0 radical (unpaired) electrons. The number of carbonyl (C=O) groups excluding carboxylic acids is 1. The van der Waals surface area contributed by atoms with Gasteiger partial charge in [-0.1, -0.05) is 50.3 Å². The maximum atomic E-state index is 11.3. The van der Waals surface area contributed by atoms with E-state index in [0.717, 1.165) is 25.7 Å². The van der Waals surface area contributed by atoms with Crippen molar-refractivity contribution in [1.29, 1.82) is 0 Å². The van der Waals surface area contributed by atoms with Crippen LogP contribution in [0.3, 0.4) is 0 Å². The van der Waals surface area contributed by atoms with E-state index in [-0.39, 0.29) is 12.2 Å². The Morgan fingerprint density at radius 3 is 2.17 bits per heavy atom. The van der Waals surface area contributed by atoms with E-state index >= 15 is 0 Å². The van der Waals surface area contributed by atoms with Gasteiger partial charge in [-0.25, -0.2) is 4.79 Å². The molecule has 0 saturated carbocycles. The monoisotopic (exact) mass is 280 g/mol. The van der Waals surface area contributed by atoms with Crippen LogP contribution in [0.2, 0.25) is 0 Å². The molecule has 0 aliphatic carbocycles. The standard InChI is InChI=1S/C12H24O5S/c1-3-5-6-7-8-9-11-18(14,15)17-16-12(13)10-4-2/h3-11H2,1-2H3. The van der Waals surface area contributed by atoms with Crippen LogP contribution in [0.1, 0.15) is 65.2 Å². The molecule has 0 N–H and O–H groups in total. The van der Waals surface area contributed by atoms with E-state index in [0.29, 0.717) is 12.8 Å². The fourth-order valence-electron chi connectivity index (χ4n) is 1.43. The van der Waals surface area contributed by atoms with Crippen molar-refractivity contribution in [3.05, 3.63) is 0 Å². The van der Waals surface area contributed by atoms with Crippen molar-refractivity contribution in [2.24, 2.45) is 0 Å². The van der Waals surface area contributed by atoms with Gasteiger partial charge in [0.15, 0.2) is 0 Å². The molecule has 0 aliphatic rings. The third-order valence-electron chi connectivity index (χ3n) is 2.43. The van der Waals surface area contributed by atoms with E-state index in [1.807, 2.05) is 0 Å². The smallest absolute Gasteiger partial charge is 0.282 e. The van der Waals surface area contributed by atoms with Crippen LogP contribution in [0.5, 0.6) is 0 Å². The van der Waals surface area contributed by atoms with E-state index in [1.54, 1.807) is 6.92 Å². The second-order valence-corrected chi connectivity index (χ2v) is 5.96. The summed E-state index contributed by atoms with van der Waals surface area (Å²) in [6.07, 6.45) is 6.64. The van der Waals surface area contributed by atoms with Gasteiger partial charge in [-0.3, -0.25) is 4.89 Å². The summed E-state index contributed by atoms with van der Waals surface area (Å²) in [4.78, 5) is 15.1. The predicted molar refractivity (Wildman–Crippen MR) is 69.2 cm³/mol. The summed E-state index contributed by atoms with van der Waals surface area (Å²) in [5.41, 5.74) is 0. The molecule has 18 heavy (non-hydrogen) atoms. The summed E-state index contributed by atoms with van der Waals surface area (Å²) in [6.45, 7) is 3.93. The molecule has 0 bridgehead atoms. The lowest BCUT2D eigenvalue weighted by Gasteiger charge is -2.04. The highest BCUT2D eigenvalue weighted by Gasteiger charge is 2.15. The highest BCUT2D eigenvalue weighted by molar-refractivity contribution is 7.86. The molecular weight excluding hydrogens is 256 g/mol. The second kappa shape index (κ2) is 10.3. The van der Waals surface area contributed by atoms with Gasteiger partial charge < -0.3 is 0 Å². The van der Waals surface area contributed by atoms with Crippen LogP contribution in [-0.2, 0) is 24.1 Å². The van der Waals surface area contributed by atoms with Gasteiger partial charge in [0.1, 0.15) is 0 Å². The molecule has 0 heterocycles. The van der Waals surface area contributed by atoms with E-state index in [4.69, 9.17) is 0 Å². The van der Waals surface area contributed by atoms with Gasteiger partial charge in [-0.2, -0.15) is 8.42 Å². The number of carbonyl (C=O) groups is 1. The van der Waals surface area contributed by atoms with Crippen molar-refractivity contribution in [3.8, 4) is 0 Å². The van der Waals surface area contributed by atoms with Gasteiger partial charge in [-0.05, 0) is 12.8 Å². The molecule has 0 amide bonds. The van der Waals surface area contributed by atoms with Crippen LogP contribution in [0.4, 0.5) is 0 Å². The molecular formula is C12H24O5S. The summed E-state index contributed by atoms with van der Waals surface area (Å²) >= 11 is 0. The zero-order chi connectivity index (χ0) is 13.9. The molecule has 0 spiro atoms. The molecule has 0 rings (SSSR count). The van der Waals surface area contributed by atoms with Gasteiger partial charge >= 0.3 is 16.1 Å². The highest BCUT2D eigenvalue weighted by atomic mass is 32.2. The molecule has 5 nitrogen and oxygen atoms in total. The van der Waals surface area contributed by atoms with E-state index in [2.05, 4.69) is 16.1 Å². The van der Waals surface area contributed by atoms with Crippen molar-refractivity contribution in [2.45, 2.75) is 65.2 Å². The Labute approximate surface area is 110 Å². The molecule has 0 aromatic heterocycles. The molecule has 0 atom stereocenters. The zero-order valence-electron chi connectivity index (χ0n) is 11.3. The summed E-state index contributed by atoms with van der Waals surface area (Å²) in [5.74, 6) is -0.748. The molecule has 108 valence electrons. The first kappa shape index (κ1) is 17.4. The Hall–Kier alpha value is -0.620. The normalized spacial score (nSPS) is 11.4. The molecule has 0 fully saturated rings. The summed E-state index contributed by atoms with van der Waals surface area (Å²) in [7, 11) is -3.73. The zero-order valence-corrected chi connectivity index (χ0v) is 12.1. The highest BCUT2D eigenvalue weighted by Crippen LogP contribution is 2.07. The van der Waals surface area contributed by atoms with Crippen LogP contribution in [-0.4, -0.2) is 20.1 Å². The van der Waals surface area contributed by atoms with Crippen molar-refractivity contribution >= 4 is 16.1 Å². The lowest BCUT2D eigenvalue weighted by molar-refractivity contribution is -0.211. The topological polar surface area (TPSA) is 69.7 Å². The third kappa shape index (κ3) is 10.5. The van der Waals surface area contributed by atoms with Crippen molar-refractivity contribution < 1.29 is 22.4 Å². The van der Waals surface area contributed by atoms with Crippen molar-refractivity contribution in [3.63, 3.8) is 0 Å². The molecule has 0 aliphatic heterocycles. The molecule has 0 saturated heterocycles. The van der Waals surface area contributed by atoms with Crippen LogP contribution in [0, 0.1) is 0 Å². The minimum Gasteiger partial charge on any atom is -0.282 e. The summed E-state index contributed by atoms with van der Waals surface area (Å²) < 4.78 is 26.9. The molecule has 0 aromatic carbocycles. The summed E-state index contributed by atoms with van der Waals surface area (Å²) in [6, 6.07) is 0. The average molecular weight is 280 g/mol. The first-order chi connectivity index (χ1) is 8.52. The Morgan fingerprint density at radius 2 is 1.56 bits per heavy atom. The third-order valence-corrected chi connectivity index (χ3v) is 3.50. The van der Waals surface area contributed by atoms with Crippen molar-refractivity contribution in [1.82, 2.24) is 0 Å². The number of hydrogen-bond donors (Lipinski definition) is 0. The second-order valence-electron chi connectivity index (χ2n) is 4.30. The lowest BCUT2D eigenvalue weighted by Crippen LogP contribution is -2.14. The average Bonchev–Trinajstić information content (AvgIpc) is 2.32. The van der Waals surface area contributed by atoms with E-state index in [1.165, 1.54) is 6.42 Å². The van der Waals surface area contributed by atoms with Crippen molar-refractivity contribution in [2.75, 3.05) is 5.75 Å². The van der Waals surface area contributed by atoms with Crippen LogP contribution >= 0.6 is 0 Å². The Morgan fingerprint density at radius 1 is 0.944 bits per heavy atom.